The fourth-order valence-electron chi connectivity index (χ4n) is 2.33. The molecule has 1 aromatic carbocycles. The van der Waals surface area contributed by atoms with Gasteiger partial charge in [-0.05, 0) is 60.5 Å². The molecule has 0 fully saturated rings. The van der Waals surface area contributed by atoms with Crippen LogP contribution in [0.3, 0.4) is 0 Å². The lowest BCUT2D eigenvalue weighted by Gasteiger charge is -2.11. The van der Waals surface area contributed by atoms with E-state index in [0.29, 0.717) is 12.2 Å². The smallest absolute Gasteiger partial charge is 0.270 e. The molecule has 2 N–H and O–H groups in total. The predicted octanol–water partition coefficient (Wildman–Crippen LogP) is 4.22. The molecule has 0 spiro atoms. The molecule has 3 aromatic rings. The van der Waals surface area contributed by atoms with Crippen molar-refractivity contribution in [2.24, 2.45) is 0 Å². The van der Waals surface area contributed by atoms with Crippen LogP contribution in [0.15, 0.2) is 65.5 Å². The van der Waals surface area contributed by atoms with Gasteiger partial charge in [-0.1, -0.05) is 15.9 Å². The maximum atomic E-state index is 12.3. The lowest BCUT2D eigenvalue weighted by molar-refractivity contribution is 0.0946. The summed E-state index contributed by atoms with van der Waals surface area (Å²) in [6.07, 6.45) is 5.02. The fraction of sp³-hybridized carbons (Fsp3) is 0.105. The molecular formula is C19H17BrN4O. The van der Waals surface area contributed by atoms with Crippen molar-refractivity contribution >= 4 is 33.2 Å². The van der Waals surface area contributed by atoms with Gasteiger partial charge in [0, 0.05) is 41.0 Å². The van der Waals surface area contributed by atoms with Crippen LogP contribution in [0.5, 0.6) is 0 Å². The number of rotatable bonds is 5. The first-order chi connectivity index (χ1) is 12.1. The van der Waals surface area contributed by atoms with E-state index < -0.39 is 0 Å². The Labute approximate surface area is 154 Å². The Bertz CT molecular complexity index is 884. The summed E-state index contributed by atoms with van der Waals surface area (Å²) in [6.45, 7) is 2.46. The minimum Gasteiger partial charge on any atom is -0.355 e. The van der Waals surface area contributed by atoms with Crippen LogP contribution in [-0.2, 0) is 6.54 Å². The molecule has 2 heterocycles. The first-order valence-electron chi connectivity index (χ1n) is 7.78. The molecule has 25 heavy (non-hydrogen) atoms. The maximum absolute atomic E-state index is 12.3. The highest BCUT2D eigenvalue weighted by Crippen LogP contribution is 2.23. The Hall–Kier alpha value is -2.73. The van der Waals surface area contributed by atoms with Gasteiger partial charge in [-0.15, -0.1) is 0 Å². The summed E-state index contributed by atoms with van der Waals surface area (Å²) >= 11 is 3.45. The van der Waals surface area contributed by atoms with Crippen LogP contribution in [0.25, 0.3) is 0 Å². The van der Waals surface area contributed by atoms with Gasteiger partial charge in [0.2, 0.25) is 0 Å². The lowest BCUT2D eigenvalue weighted by atomic mass is 10.2. The number of nitrogens with one attached hydrogen (secondary N) is 2. The molecule has 126 valence electrons. The number of pyridine rings is 2. The quantitative estimate of drug-likeness (QED) is 0.677. The minimum atomic E-state index is -0.215. The van der Waals surface area contributed by atoms with Crippen LogP contribution in [0.4, 0.5) is 11.4 Å². The average molecular weight is 397 g/mol. The Morgan fingerprint density at radius 1 is 1.08 bits per heavy atom. The number of anilines is 2. The van der Waals surface area contributed by atoms with Crippen LogP contribution in [-0.4, -0.2) is 15.9 Å². The summed E-state index contributed by atoms with van der Waals surface area (Å²) in [6, 6.07) is 13.3. The molecule has 0 aliphatic heterocycles. The van der Waals surface area contributed by atoms with Crippen molar-refractivity contribution in [3.8, 4) is 0 Å². The van der Waals surface area contributed by atoms with Gasteiger partial charge in [0.05, 0.1) is 0 Å². The largest absolute Gasteiger partial charge is 0.355 e. The second-order valence-electron chi connectivity index (χ2n) is 5.55. The average Bonchev–Trinajstić information content (AvgIpc) is 2.63. The number of halogens is 1. The first kappa shape index (κ1) is 17.1. The normalized spacial score (nSPS) is 10.3. The molecule has 0 radical (unpaired) electrons. The molecule has 0 saturated carbocycles. The van der Waals surface area contributed by atoms with Crippen LogP contribution in [0, 0.1) is 6.92 Å². The van der Waals surface area contributed by atoms with E-state index in [0.717, 1.165) is 27.0 Å². The third kappa shape index (κ3) is 4.64. The van der Waals surface area contributed by atoms with Gasteiger partial charge in [0.1, 0.15) is 5.69 Å². The molecule has 0 aliphatic rings. The summed E-state index contributed by atoms with van der Waals surface area (Å²) in [7, 11) is 0. The van der Waals surface area contributed by atoms with Crippen LogP contribution < -0.4 is 10.6 Å². The first-order valence-corrected chi connectivity index (χ1v) is 8.57. The number of carbonyl (C=O) groups excluding carboxylic acids is 1. The van der Waals surface area contributed by atoms with Gasteiger partial charge in [0.25, 0.3) is 5.91 Å². The SMILES string of the molecule is Cc1cc(Br)ccc1Nc1ccnc(C(=O)NCc2ccncc2)c1. The topological polar surface area (TPSA) is 66.9 Å². The number of amides is 1. The number of benzene rings is 1. The number of hydrogen-bond acceptors (Lipinski definition) is 4. The van der Waals surface area contributed by atoms with Crippen LogP contribution in [0.1, 0.15) is 21.6 Å². The van der Waals surface area contributed by atoms with Gasteiger partial charge in [0.15, 0.2) is 0 Å². The van der Waals surface area contributed by atoms with Crippen molar-refractivity contribution in [2.45, 2.75) is 13.5 Å². The van der Waals surface area contributed by atoms with Gasteiger partial charge >= 0.3 is 0 Å². The Kier molecular flexibility index (Phi) is 5.40. The highest BCUT2D eigenvalue weighted by Gasteiger charge is 2.08. The molecule has 6 heteroatoms. The number of aryl methyl sites for hydroxylation is 1. The Morgan fingerprint density at radius 3 is 2.64 bits per heavy atom. The standard InChI is InChI=1S/C19H17BrN4O/c1-13-10-15(20)2-3-17(13)24-16-6-9-22-18(11-16)19(25)23-12-14-4-7-21-8-5-14/h2-11H,12H2,1H3,(H,22,24)(H,23,25). The molecule has 0 atom stereocenters. The van der Waals surface area contributed by atoms with Crippen LogP contribution >= 0.6 is 15.9 Å². The fourth-order valence-corrected chi connectivity index (χ4v) is 2.80. The predicted molar refractivity (Wildman–Crippen MR) is 102 cm³/mol. The second kappa shape index (κ2) is 7.90. The minimum absolute atomic E-state index is 0.215. The molecule has 1 amide bonds. The third-order valence-electron chi connectivity index (χ3n) is 3.66. The zero-order valence-corrected chi connectivity index (χ0v) is 15.2. The monoisotopic (exact) mass is 396 g/mol. The zero-order valence-electron chi connectivity index (χ0n) is 13.7. The number of aromatic nitrogens is 2. The molecule has 2 aromatic heterocycles. The molecule has 0 unspecified atom stereocenters. The van der Waals surface area contributed by atoms with Gasteiger partial charge in [-0.2, -0.15) is 0 Å². The molecule has 0 bridgehead atoms. The van der Waals surface area contributed by atoms with E-state index in [1.54, 1.807) is 24.7 Å². The summed E-state index contributed by atoms with van der Waals surface area (Å²) in [4.78, 5) is 20.4. The number of carbonyl (C=O) groups is 1. The highest BCUT2D eigenvalue weighted by atomic mass is 79.9. The lowest BCUT2D eigenvalue weighted by Crippen LogP contribution is -2.23. The molecule has 5 nitrogen and oxygen atoms in total. The Morgan fingerprint density at radius 2 is 1.88 bits per heavy atom. The molecule has 0 aliphatic carbocycles. The van der Waals surface area contributed by atoms with E-state index in [1.807, 2.05) is 43.3 Å². The highest BCUT2D eigenvalue weighted by molar-refractivity contribution is 9.10. The Balaban J connectivity index is 1.69. The van der Waals surface area contributed by atoms with E-state index in [4.69, 9.17) is 0 Å². The van der Waals surface area contributed by atoms with E-state index in [-0.39, 0.29) is 5.91 Å². The number of nitrogens with zero attached hydrogens (tertiary/aromatic N) is 2. The van der Waals surface area contributed by atoms with Crippen LogP contribution in [0.2, 0.25) is 0 Å². The summed E-state index contributed by atoms with van der Waals surface area (Å²) in [5, 5.41) is 6.18. The van der Waals surface area contributed by atoms with E-state index in [1.165, 1.54) is 0 Å². The van der Waals surface area contributed by atoms with E-state index in [2.05, 4.69) is 36.5 Å². The zero-order chi connectivity index (χ0) is 17.6. The van der Waals surface area contributed by atoms with Crippen molar-refractivity contribution in [3.63, 3.8) is 0 Å². The third-order valence-corrected chi connectivity index (χ3v) is 4.16. The van der Waals surface area contributed by atoms with E-state index in [9.17, 15) is 4.79 Å². The van der Waals surface area contributed by atoms with Crippen molar-refractivity contribution in [2.75, 3.05) is 5.32 Å². The van der Waals surface area contributed by atoms with Crippen molar-refractivity contribution in [1.82, 2.24) is 15.3 Å². The summed E-state index contributed by atoms with van der Waals surface area (Å²) in [5.74, 6) is -0.215. The summed E-state index contributed by atoms with van der Waals surface area (Å²) in [5.41, 5.74) is 4.26. The van der Waals surface area contributed by atoms with Crippen molar-refractivity contribution < 1.29 is 4.79 Å². The van der Waals surface area contributed by atoms with Gasteiger partial charge < -0.3 is 10.6 Å². The molecule has 0 saturated heterocycles. The van der Waals surface area contributed by atoms with E-state index >= 15 is 0 Å². The number of hydrogen-bond donors (Lipinski definition) is 2. The van der Waals surface area contributed by atoms with Gasteiger partial charge in [-0.3, -0.25) is 14.8 Å². The second-order valence-corrected chi connectivity index (χ2v) is 6.47. The van der Waals surface area contributed by atoms with Crippen molar-refractivity contribution in [1.29, 1.82) is 0 Å². The summed E-state index contributed by atoms with van der Waals surface area (Å²) < 4.78 is 1.03. The maximum Gasteiger partial charge on any atom is 0.270 e. The van der Waals surface area contributed by atoms with Gasteiger partial charge in [-0.25, -0.2) is 0 Å². The molecule has 3 rings (SSSR count). The molecular weight excluding hydrogens is 380 g/mol. The van der Waals surface area contributed by atoms with Crippen molar-refractivity contribution in [3.05, 3.63) is 82.3 Å².